The van der Waals surface area contributed by atoms with Gasteiger partial charge in [-0.1, -0.05) is 11.3 Å². The predicted molar refractivity (Wildman–Crippen MR) is 70.6 cm³/mol. The van der Waals surface area contributed by atoms with E-state index in [1.165, 1.54) is 10.6 Å². The average molecular weight is 349 g/mol. The van der Waals surface area contributed by atoms with Gasteiger partial charge < -0.3 is 26.6 Å². The monoisotopic (exact) mass is 348 g/mol. The van der Waals surface area contributed by atoms with E-state index in [1.807, 2.05) is 28.8 Å². The van der Waals surface area contributed by atoms with E-state index < -0.39 is 0 Å². The number of nitrogens with zero attached hydrogens (tertiary/aromatic N) is 2. The minimum absolute atomic E-state index is 0. The van der Waals surface area contributed by atoms with Gasteiger partial charge in [0, 0.05) is 20.0 Å². The summed E-state index contributed by atoms with van der Waals surface area (Å²) in [7, 11) is 0. The molecule has 1 aliphatic heterocycles. The van der Waals surface area contributed by atoms with Crippen LogP contribution in [-0.2, 0) is 16.1 Å². The smallest absolute Gasteiger partial charge is 0.288 e. The zero-order valence-corrected chi connectivity index (χ0v) is 14.3. The Morgan fingerprint density at radius 2 is 2.00 bits per heavy atom. The lowest BCUT2D eigenvalue weighted by Crippen LogP contribution is -3.00. The number of carbonyl (C=O) groups excluding carboxylic acids is 1. The fourth-order valence-electron chi connectivity index (χ4n) is 2.29. The number of aromatic nitrogens is 1. The van der Waals surface area contributed by atoms with E-state index in [0.29, 0.717) is 19.6 Å². The first-order valence-corrected chi connectivity index (χ1v) is 7.22. The molecule has 2 atom stereocenters. The van der Waals surface area contributed by atoms with Crippen LogP contribution in [0.2, 0.25) is 0 Å². The lowest BCUT2D eigenvalue weighted by Gasteiger charge is -2.34. The van der Waals surface area contributed by atoms with Gasteiger partial charge in [0.25, 0.3) is 5.91 Å². The van der Waals surface area contributed by atoms with Crippen molar-refractivity contribution in [3.05, 3.63) is 16.1 Å². The Balaban J connectivity index is 0.00000180. The summed E-state index contributed by atoms with van der Waals surface area (Å²) in [5.41, 5.74) is 3.21. The van der Waals surface area contributed by atoms with Crippen LogP contribution in [0.1, 0.15) is 24.4 Å². The molecule has 1 amide bonds. The molecular weight excluding hydrogens is 328 g/mol. The average Bonchev–Trinajstić information content (AvgIpc) is 2.59. The minimum atomic E-state index is 0. The molecule has 0 aromatic carbocycles. The SMILES string of the molecule is Cc1sc[n+](CC(=O)N2CC(C)OC(C)C2)c1C.[Br-]. The molecule has 1 fully saturated rings. The van der Waals surface area contributed by atoms with Gasteiger partial charge in [-0.3, -0.25) is 4.79 Å². The lowest BCUT2D eigenvalue weighted by atomic mass is 10.2. The van der Waals surface area contributed by atoms with E-state index in [2.05, 4.69) is 13.8 Å². The van der Waals surface area contributed by atoms with Crippen LogP contribution in [0.15, 0.2) is 5.51 Å². The van der Waals surface area contributed by atoms with Crippen molar-refractivity contribution in [3.8, 4) is 0 Å². The van der Waals surface area contributed by atoms with E-state index in [4.69, 9.17) is 4.74 Å². The third-order valence-electron chi connectivity index (χ3n) is 3.37. The van der Waals surface area contributed by atoms with E-state index in [1.54, 1.807) is 11.3 Å². The molecule has 0 radical (unpaired) electrons. The van der Waals surface area contributed by atoms with Gasteiger partial charge in [0.15, 0.2) is 5.69 Å². The second-order valence-electron chi connectivity index (χ2n) is 5.05. The van der Waals surface area contributed by atoms with Gasteiger partial charge >= 0.3 is 0 Å². The maximum absolute atomic E-state index is 12.3. The maximum atomic E-state index is 12.3. The van der Waals surface area contributed by atoms with E-state index in [-0.39, 0.29) is 35.1 Å². The molecule has 0 N–H and O–H groups in total. The number of aryl methyl sites for hydroxylation is 1. The summed E-state index contributed by atoms with van der Waals surface area (Å²) in [6.07, 6.45) is 0.265. The standard InChI is InChI=1S/C13H21N2O2S.BrH/c1-9-5-14(6-10(2)17-9)13(16)7-15-8-18-12(4)11(15)3;/h8-10H,5-7H2,1-4H3;1H/q+1;/p-1. The van der Waals surface area contributed by atoms with Gasteiger partial charge in [0.05, 0.1) is 17.1 Å². The third kappa shape index (κ3) is 4.00. The van der Waals surface area contributed by atoms with Gasteiger partial charge in [-0.25, -0.2) is 0 Å². The molecule has 108 valence electrons. The summed E-state index contributed by atoms with van der Waals surface area (Å²) in [4.78, 5) is 15.5. The van der Waals surface area contributed by atoms with Crippen LogP contribution in [0.5, 0.6) is 0 Å². The van der Waals surface area contributed by atoms with Crippen molar-refractivity contribution in [3.63, 3.8) is 0 Å². The number of rotatable bonds is 2. The van der Waals surface area contributed by atoms with E-state index in [0.717, 1.165) is 0 Å². The van der Waals surface area contributed by atoms with Crippen LogP contribution < -0.4 is 21.5 Å². The number of morpholine rings is 1. The number of carbonyl (C=O) groups is 1. The molecule has 0 saturated carbocycles. The molecule has 0 bridgehead atoms. The molecule has 0 spiro atoms. The Kier molecular flexibility index (Phi) is 5.95. The van der Waals surface area contributed by atoms with Crippen LogP contribution >= 0.6 is 11.3 Å². The fourth-order valence-corrected chi connectivity index (χ4v) is 3.10. The molecule has 1 aromatic rings. The second kappa shape index (κ2) is 6.81. The molecular formula is C13H21BrN2O2S. The summed E-state index contributed by atoms with van der Waals surface area (Å²) in [5.74, 6) is 0.183. The summed E-state index contributed by atoms with van der Waals surface area (Å²) in [5, 5.41) is 0. The molecule has 2 rings (SSSR count). The Labute approximate surface area is 129 Å². The van der Waals surface area contributed by atoms with Crippen molar-refractivity contribution in [1.82, 2.24) is 4.90 Å². The summed E-state index contributed by atoms with van der Waals surface area (Å²) in [6.45, 7) is 10.0. The number of thiazole rings is 1. The maximum Gasteiger partial charge on any atom is 0.288 e. The first kappa shape index (κ1) is 16.6. The Bertz CT molecular complexity index is 440. The highest BCUT2D eigenvalue weighted by Crippen LogP contribution is 2.12. The highest BCUT2D eigenvalue weighted by molar-refractivity contribution is 7.09. The zero-order chi connectivity index (χ0) is 13.3. The largest absolute Gasteiger partial charge is 1.00 e. The second-order valence-corrected chi connectivity index (χ2v) is 6.11. The minimum Gasteiger partial charge on any atom is -1.00 e. The number of halogens is 1. The first-order chi connectivity index (χ1) is 8.47. The number of hydrogen-bond donors (Lipinski definition) is 0. The van der Waals surface area contributed by atoms with Gasteiger partial charge in [-0.05, 0) is 20.8 Å². The Morgan fingerprint density at radius 1 is 1.42 bits per heavy atom. The topological polar surface area (TPSA) is 33.4 Å². The number of ether oxygens (including phenoxy) is 1. The fraction of sp³-hybridized carbons (Fsp3) is 0.692. The number of amides is 1. The van der Waals surface area contributed by atoms with Crippen molar-refractivity contribution in [2.75, 3.05) is 13.1 Å². The first-order valence-electron chi connectivity index (χ1n) is 6.34. The summed E-state index contributed by atoms with van der Waals surface area (Å²) < 4.78 is 7.68. The van der Waals surface area contributed by atoms with Crippen LogP contribution in [-0.4, -0.2) is 36.1 Å². The molecule has 19 heavy (non-hydrogen) atoms. The van der Waals surface area contributed by atoms with Crippen molar-refractivity contribution in [1.29, 1.82) is 0 Å². The lowest BCUT2D eigenvalue weighted by molar-refractivity contribution is -0.686. The van der Waals surface area contributed by atoms with Gasteiger partial charge in [-0.2, -0.15) is 4.57 Å². The van der Waals surface area contributed by atoms with Crippen LogP contribution in [0.3, 0.4) is 0 Å². The quantitative estimate of drug-likeness (QED) is 0.596. The molecule has 2 heterocycles. The Morgan fingerprint density at radius 3 is 2.47 bits per heavy atom. The third-order valence-corrected chi connectivity index (χ3v) is 4.38. The van der Waals surface area contributed by atoms with Crippen molar-refractivity contribution < 1.29 is 31.1 Å². The van der Waals surface area contributed by atoms with E-state index >= 15 is 0 Å². The summed E-state index contributed by atoms with van der Waals surface area (Å²) >= 11 is 1.69. The van der Waals surface area contributed by atoms with Gasteiger partial charge in [0.1, 0.15) is 0 Å². The molecule has 4 nitrogen and oxygen atoms in total. The van der Waals surface area contributed by atoms with Crippen LogP contribution in [0.4, 0.5) is 0 Å². The summed E-state index contributed by atoms with van der Waals surface area (Å²) in [6, 6.07) is 0. The van der Waals surface area contributed by atoms with Crippen molar-refractivity contribution in [2.24, 2.45) is 0 Å². The zero-order valence-electron chi connectivity index (χ0n) is 11.9. The van der Waals surface area contributed by atoms with Crippen LogP contribution in [0, 0.1) is 13.8 Å². The predicted octanol–water partition coefficient (Wildman–Crippen LogP) is -1.71. The molecule has 1 aromatic heterocycles. The van der Waals surface area contributed by atoms with Crippen molar-refractivity contribution >= 4 is 17.2 Å². The molecule has 6 heteroatoms. The molecule has 1 aliphatic rings. The number of hydrogen-bond acceptors (Lipinski definition) is 3. The van der Waals surface area contributed by atoms with Crippen molar-refractivity contribution in [2.45, 2.75) is 46.4 Å². The Hall–Kier alpha value is -0.460. The molecule has 2 unspecified atom stereocenters. The van der Waals surface area contributed by atoms with Crippen LogP contribution in [0.25, 0.3) is 0 Å². The highest BCUT2D eigenvalue weighted by atomic mass is 79.9. The highest BCUT2D eigenvalue weighted by Gasteiger charge is 2.28. The van der Waals surface area contributed by atoms with E-state index in [9.17, 15) is 4.79 Å². The van der Waals surface area contributed by atoms with Gasteiger partial charge in [0.2, 0.25) is 12.1 Å². The molecule has 1 saturated heterocycles. The van der Waals surface area contributed by atoms with Gasteiger partial charge in [-0.15, -0.1) is 0 Å². The molecule has 0 aliphatic carbocycles. The normalized spacial score (nSPS) is 23.1.